The number of hydrogen-bond donors (Lipinski definition) is 1. The van der Waals surface area contributed by atoms with Gasteiger partial charge in [0.15, 0.2) is 0 Å². The van der Waals surface area contributed by atoms with Gasteiger partial charge in [-0.15, -0.1) is 0 Å². The predicted octanol–water partition coefficient (Wildman–Crippen LogP) is 4.02. The van der Waals surface area contributed by atoms with E-state index in [0.717, 1.165) is 0 Å². The zero-order chi connectivity index (χ0) is 14.6. The van der Waals surface area contributed by atoms with Crippen LogP contribution >= 0.6 is 0 Å². The van der Waals surface area contributed by atoms with Crippen LogP contribution in [0.25, 0.3) is 0 Å². The lowest BCUT2D eigenvalue weighted by molar-refractivity contribution is -0.557. The van der Waals surface area contributed by atoms with Gasteiger partial charge in [0.25, 0.3) is 0 Å². The molecular formula is C17H35N2+. The molecule has 112 valence electrons. The molecule has 0 fully saturated rings. The maximum Gasteiger partial charge on any atom is 0.109 e. The molecule has 0 aromatic carbocycles. The van der Waals surface area contributed by atoms with Gasteiger partial charge >= 0.3 is 0 Å². The maximum absolute atomic E-state index is 4.00. The second-order valence-electron chi connectivity index (χ2n) is 5.68. The minimum atomic E-state index is 0.228. The minimum Gasteiger partial charge on any atom is -0.344 e. The van der Waals surface area contributed by atoms with Crippen LogP contribution in [0.3, 0.4) is 0 Å². The molecule has 2 heteroatoms. The molecule has 0 atom stereocenters. The van der Waals surface area contributed by atoms with Crippen LogP contribution in [0.5, 0.6) is 0 Å². The first-order valence-corrected chi connectivity index (χ1v) is 8.01. The summed E-state index contributed by atoms with van der Waals surface area (Å²) in [6.07, 6.45) is 16.6. The van der Waals surface area contributed by atoms with E-state index in [9.17, 15) is 0 Å². The molecule has 0 aliphatic carbocycles. The van der Waals surface area contributed by atoms with Crippen molar-refractivity contribution in [2.24, 2.45) is 0 Å². The van der Waals surface area contributed by atoms with Crippen molar-refractivity contribution in [1.29, 1.82) is 0 Å². The van der Waals surface area contributed by atoms with E-state index in [1.165, 1.54) is 51.4 Å². The summed E-state index contributed by atoms with van der Waals surface area (Å²) in [4.78, 5) is 2.32. The van der Waals surface area contributed by atoms with E-state index in [2.05, 4.69) is 57.0 Å². The molecule has 19 heavy (non-hydrogen) atoms. The monoisotopic (exact) mass is 267 g/mol. The van der Waals surface area contributed by atoms with E-state index in [1.807, 2.05) is 6.20 Å². The Hall–Kier alpha value is -0.760. The van der Waals surface area contributed by atoms with E-state index < -0.39 is 0 Å². The standard InChI is InChI=1S/C17H34N2/c1-6-9-11-13-17(4,14-12-10-7-2)19(8-3)16-15-18-5/h8,15-16,18H,3,6-7,9-14H2,1-2,4-5H3/p+1/b16-15-. The molecule has 0 saturated carbocycles. The zero-order valence-corrected chi connectivity index (χ0v) is 13.6. The molecule has 2 nitrogen and oxygen atoms in total. The Morgan fingerprint density at radius 1 is 1.05 bits per heavy atom. The Morgan fingerprint density at radius 3 is 1.95 bits per heavy atom. The van der Waals surface area contributed by atoms with Crippen LogP contribution in [0.2, 0.25) is 0 Å². The van der Waals surface area contributed by atoms with Gasteiger partial charge in [0.1, 0.15) is 6.20 Å². The molecule has 0 amide bonds. The number of unbranched alkanes of at least 4 members (excludes halogenated alkanes) is 4. The summed E-state index contributed by atoms with van der Waals surface area (Å²) in [6.45, 7) is 10.9. The summed E-state index contributed by atoms with van der Waals surface area (Å²) in [5.41, 5.74) is 0.228. The van der Waals surface area contributed by atoms with Gasteiger partial charge in [-0.25, -0.2) is 0 Å². The van der Waals surface area contributed by atoms with Gasteiger partial charge in [0, 0.05) is 5.54 Å². The van der Waals surface area contributed by atoms with Crippen molar-refractivity contribution < 1.29 is 5.32 Å². The average Bonchev–Trinajstić information content (AvgIpc) is 2.40. The van der Waals surface area contributed by atoms with Crippen LogP contribution < -0.4 is 5.32 Å². The Balaban J connectivity index is 4.66. The molecule has 0 unspecified atom stereocenters. The Morgan fingerprint density at radius 2 is 1.58 bits per heavy atom. The predicted molar refractivity (Wildman–Crippen MR) is 85.7 cm³/mol. The maximum atomic E-state index is 4.00. The molecule has 0 radical (unpaired) electrons. The molecule has 0 aliphatic rings. The van der Waals surface area contributed by atoms with Crippen molar-refractivity contribution in [1.82, 2.24) is 4.90 Å². The number of nitrogens with zero attached hydrogens (tertiary/aromatic N) is 1. The highest BCUT2D eigenvalue weighted by molar-refractivity contribution is 4.97. The van der Waals surface area contributed by atoms with Crippen molar-refractivity contribution >= 4 is 0 Å². The van der Waals surface area contributed by atoms with Crippen LogP contribution in [0.1, 0.15) is 72.1 Å². The van der Waals surface area contributed by atoms with Crippen molar-refractivity contribution in [3.05, 3.63) is 25.2 Å². The average molecular weight is 267 g/mol. The number of nitrogens with two attached hydrogens (primary N) is 1. The summed E-state index contributed by atoms with van der Waals surface area (Å²) < 4.78 is 0. The van der Waals surface area contributed by atoms with Gasteiger partial charge < -0.3 is 10.2 Å². The van der Waals surface area contributed by atoms with Crippen LogP contribution in [0.15, 0.2) is 25.2 Å². The lowest BCUT2D eigenvalue weighted by Crippen LogP contribution is -2.72. The van der Waals surface area contributed by atoms with Crippen LogP contribution in [-0.2, 0) is 0 Å². The van der Waals surface area contributed by atoms with Crippen LogP contribution in [0.4, 0.5) is 0 Å². The molecule has 0 heterocycles. The van der Waals surface area contributed by atoms with Crippen molar-refractivity contribution in [2.45, 2.75) is 77.7 Å². The Bertz CT molecular complexity index is 236. The van der Waals surface area contributed by atoms with Crippen molar-refractivity contribution in [3.63, 3.8) is 0 Å². The highest BCUT2D eigenvalue weighted by atomic mass is 15.2. The molecular weight excluding hydrogens is 232 g/mol. The fourth-order valence-electron chi connectivity index (χ4n) is 2.53. The van der Waals surface area contributed by atoms with Crippen molar-refractivity contribution in [2.75, 3.05) is 7.05 Å². The summed E-state index contributed by atoms with van der Waals surface area (Å²) in [6, 6.07) is 0. The first-order valence-electron chi connectivity index (χ1n) is 8.01. The summed E-state index contributed by atoms with van der Waals surface area (Å²) >= 11 is 0. The van der Waals surface area contributed by atoms with E-state index in [0.29, 0.717) is 0 Å². The highest BCUT2D eigenvalue weighted by Crippen LogP contribution is 2.29. The van der Waals surface area contributed by atoms with Gasteiger partial charge in [-0.05, 0) is 26.0 Å². The third-order valence-corrected chi connectivity index (χ3v) is 3.90. The van der Waals surface area contributed by atoms with E-state index >= 15 is 0 Å². The van der Waals surface area contributed by atoms with Gasteiger partial charge in [-0.1, -0.05) is 59.0 Å². The Labute approximate surface area is 121 Å². The summed E-state index contributed by atoms with van der Waals surface area (Å²) in [5, 5.41) is 2.08. The second kappa shape index (κ2) is 11.1. The molecule has 2 N–H and O–H groups in total. The van der Waals surface area contributed by atoms with E-state index in [1.54, 1.807) is 0 Å². The zero-order valence-electron chi connectivity index (χ0n) is 13.6. The van der Waals surface area contributed by atoms with Gasteiger partial charge in [-0.3, -0.25) is 0 Å². The Kier molecular flexibility index (Phi) is 10.7. The number of hydrogen-bond acceptors (Lipinski definition) is 1. The van der Waals surface area contributed by atoms with Gasteiger partial charge in [0.2, 0.25) is 0 Å². The first-order chi connectivity index (χ1) is 9.14. The molecule has 0 saturated heterocycles. The smallest absolute Gasteiger partial charge is 0.109 e. The molecule has 0 aliphatic heterocycles. The molecule has 0 rings (SSSR count). The fourth-order valence-corrected chi connectivity index (χ4v) is 2.53. The SMILES string of the molecule is C=CN(/C=C\[NH2+]C)C(C)(CCCCC)CCCCC. The molecule has 0 aromatic heterocycles. The normalized spacial score (nSPS) is 12.0. The third kappa shape index (κ3) is 7.41. The molecule has 0 aromatic rings. The fraction of sp³-hybridized carbons (Fsp3) is 0.765. The first kappa shape index (κ1) is 18.2. The molecule has 0 spiro atoms. The lowest BCUT2D eigenvalue weighted by Gasteiger charge is -2.39. The van der Waals surface area contributed by atoms with Gasteiger partial charge in [-0.2, -0.15) is 0 Å². The largest absolute Gasteiger partial charge is 0.344 e. The molecule has 0 bridgehead atoms. The van der Waals surface area contributed by atoms with Crippen molar-refractivity contribution in [3.8, 4) is 0 Å². The van der Waals surface area contributed by atoms with E-state index in [4.69, 9.17) is 0 Å². The summed E-state index contributed by atoms with van der Waals surface area (Å²) in [7, 11) is 2.06. The van der Waals surface area contributed by atoms with Gasteiger partial charge in [0.05, 0.1) is 13.2 Å². The lowest BCUT2D eigenvalue weighted by atomic mass is 9.87. The second-order valence-corrected chi connectivity index (χ2v) is 5.68. The van der Waals surface area contributed by atoms with Crippen LogP contribution in [0, 0.1) is 0 Å². The van der Waals surface area contributed by atoms with Crippen LogP contribution in [-0.4, -0.2) is 17.5 Å². The van der Waals surface area contributed by atoms with E-state index in [-0.39, 0.29) is 5.54 Å². The number of rotatable bonds is 12. The third-order valence-electron chi connectivity index (χ3n) is 3.90. The topological polar surface area (TPSA) is 19.9 Å². The minimum absolute atomic E-state index is 0.228. The summed E-state index contributed by atoms with van der Waals surface area (Å²) in [5.74, 6) is 0. The quantitative estimate of drug-likeness (QED) is 0.530. The number of quaternary nitrogens is 1. The highest BCUT2D eigenvalue weighted by Gasteiger charge is 2.27.